The third-order valence-electron chi connectivity index (χ3n) is 8.18. The van der Waals surface area contributed by atoms with Gasteiger partial charge in [0.15, 0.2) is 5.82 Å². The van der Waals surface area contributed by atoms with Crippen molar-refractivity contribution in [3.8, 4) is 5.75 Å². The first-order valence-electron chi connectivity index (χ1n) is 16.5. The number of esters is 1. The minimum absolute atomic E-state index is 0.0576. The lowest BCUT2D eigenvalue weighted by Gasteiger charge is -2.35. The van der Waals surface area contributed by atoms with Gasteiger partial charge in [-0.3, -0.25) is 9.32 Å². The van der Waals surface area contributed by atoms with Crippen LogP contribution in [0.1, 0.15) is 66.6 Å². The van der Waals surface area contributed by atoms with Crippen LogP contribution < -0.4 is 15.3 Å². The van der Waals surface area contributed by atoms with Crippen molar-refractivity contribution in [3.05, 3.63) is 72.6 Å². The lowest BCUT2D eigenvalue weighted by atomic mass is 9.94. The first kappa shape index (κ1) is 35.3. The van der Waals surface area contributed by atoms with Gasteiger partial charge < -0.3 is 24.3 Å². The van der Waals surface area contributed by atoms with Crippen LogP contribution in [-0.2, 0) is 35.5 Å². The van der Waals surface area contributed by atoms with E-state index < -0.39 is 25.3 Å². The van der Waals surface area contributed by atoms with Crippen LogP contribution in [-0.4, -0.2) is 45.9 Å². The van der Waals surface area contributed by atoms with Crippen molar-refractivity contribution in [2.75, 3.05) is 18.9 Å². The fourth-order valence-electron chi connectivity index (χ4n) is 5.83. The molecule has 5 rings (SSSR count). The van der Waals surface area contributed by atoms with Crippen LogP contribution in [0.15, 0.2) is 66.7 Å². The topological polar surface area (TPSA) is 140 Å². The number of hydrogen-bond donors (Lipinski definition) is 2. The zero-order valence-electron chi connectivity index (χ0n) is 28.6. The number of carbonyl (C=O) groups is 1. The van der Waals surface area contributed by atoms with Crippen molar-refractivity contribution in [2.45, 2.75) is 85.1 Å². The summed E-state index contributed by atoms with van der Waals surface area (Å²) >= 11 is 0. The zero-order chi connectivity index (χ0) is 34.5. The third-order valence-corrected chi connectivity index (χ3v) is 9.81. The van der Waals surface area contributed by atoms with Crippen molar-refractivity contribution < 1.29 is 27.9 Å². The predicted molar refractivity (Wildman–Crippen MR) is 190 cm³/mol. The van der Waals surface area contributed by atoms with Crippen molar-refractivity contribution in [3.63, 3.8) is 0 Å². The number of nitrogens with one attached hydrogen (secondary N) is 1. The molecule has 0 aliphatic rings. The average Bonchev–Trinajstić information content (AvgIpc) is 3.46. The summed E-state index contributed by atoms with van der Waals surface area (Å²) in [6.45, 7) is 11.8. The maximum Gasteiger partial charge on any atom is 0.459 e. The average molecular weight is 676 g/mol. The van der Waals surface area contributed by atoms with Gasteiger partial charge in [0, 0.05) is 12.0 Å². The van der Waals surface area contributed by atoms with Crippen molar-refractivity contribution >= 4 is 52.2 Å². The highest BCUT2D eigenvalue weighted by Crippen LogP contribution is 2.48. The van der Waals surface area contributed by atoms with Gasteiger partial charge in [0.05, 0.1) is 29.3 Å². The van der Waals surface area contributed by atoms with Gasteiger partial charge >= 0.3 is 13.7 Å². The molecule has 0 saturated carbocycles. The number of ether oxygens (including phenoxy) is 2. The number of benzene rings is 3. The van der Waals surface area contributed by atoms with Crippen molar-refractivity contribution in [2.24, 2.45) is 0 Å². The molecule has 2 aromatic heterocycles. The van der Waals surface area contributed by atoms with E-state index in [0.29, 0.717) is 35.9 Å². The van der Waals surface area contributed by atoms with Gasteiger partial charge in [-0.2, -0.15) is 5.09 Å². The highest BCUT2D eigenvalue weighted by Gasteiger charge is 2.39. The second-order valence-corrected chi connectivity index (χ2v) is 14.2. The molecule has 3 atom stereocenters. The lowest BCUT2D eigenvalue weighted by molar-refractivity contribution is -0.149. The zero-order valence-corrected chi connectivity index (χ0v) is 29.5. The molecule has 2 heterocycles. The predicted octanol–water partition coefficient (Wildman–Crippen LogP) is 7.90. The first-order chi connectivity index (χ1) is 23.0. The molecule has 48 heavy (non-hydrogen) atoms. The minimum Gasteiger partial charge on any atom is -0.462 e. The third kappa shape index (κ3) is 7.81. The second kappa shape index (κ2) is 15.0. The number of nitrogens with zero attached hydrogens (tertiary/aromatic N) is 3. The number of carbonyl (C=O) groups excluding carboxylic acids is 1. The van der Waals surface area contributed by atoms with Gasteiger partial charge in [0.1, 0.15) is 29.7 Å². The molecule has 0 saturated heterocycles. The minimum atomic E-state index is -4.21. The Morgan fingerprint density at radius 1 is 1.02 bits per heavy atom. The lowest BCUT2D eigenvalue weighted by Crippen LogP contribution is -2.40. The maximum absolute atomic E-state index is 14.8. The molecule has 256 valence electrons. The van der Waals surface area contributed by atoms with Gasteiger partial charge in [0.25, 0.3) is 0 Å². The Bertz CT molecular complexity index is 1950. The van der Waals surface area contributed by atoms with Crippen molar-refractivity contribution in [1.29, 1.82) is 0 Å². The summed E-state index contributed by atoms with van der Waals surface area (Å²) < 4.78 is 40.7. The molecular weight excluding hydrogens is 629 g/mol. The molecule has 0 aliphatic heterocycles. The number of nitrogens with two attached hydrogens (primary N) is 1. The first-order valence-corrected chi connectivity index (χ1v) is 18.1. The maximum atomic E-state index is 14.8. The summed E-state index contributed by atoms with van der Waals surface area (Å²) in [7, 11) is -4.21. The van der Waals surface area contributed by atoms with Crippen LogP contribution in [0.4, 0.5) is 5.82 Å². The standard InChI is InChI=1S/C36H46N5O6P/c1-7-9-20-36(6,41-31(22-44-8-2)39-32-33(41)29-16-12-13-17-30(29)38-34(32)37)23-45-48(43,40-25(5)35(42)46-24(3)4)47-28-19-18-26-14-10-11-15-27(26)21-28/h10-19,21,24-25H,7-9,20,22-23H2,1-6H3,(H2,37,38)(H,40,43)/t25-,36-,48-/m0/s1. The van der Waals surface area contributed by atoms with Gasteiger partial charge in [0.2, 0.25) is 0 Å². The molecule has 11 nitrogen and oxygen atoms in total. The molecule has 0 bridgehead atoms. The number of para-hydroxylation sites is 1. The van der Waals surface area contributed by atoms with Gasteiger partial charge in [-0.25, -0.2) is 14.5 Å². The van der Waals surface area contributed by atoms with Gasteiger partial charge in [-0.05, 0) is 70.0 Å². The summed E-state index contributed by atoms with van der Waals surface area (Å²) in [5, 5.41) is 5.64. The highest BCUT2D eigenvalue weighted by molar-refractivity contribution is 7.52. The highest BCUT2D eigenvalue weighted by atomic mass is 31.2. The number of imidazole rings is 1. The fraction of sp³-hybridized carbons (Fsp3) is 0.417. The Morgan fingerprint density at radius 2 is 1.75 bits per heavy atom. The van der Waals surface area contributed by atoms with Gasteiger partial charge in [-0.1, -0.05) is 68.3 Å². The van der Waals surface area contributed by atoms with Crippen LogP contribution in [0, 0.1) is 0 Å². The van der Waals surface area contributed by atoms with E-state index in [2.05, 4.69) is 21.6 Å². The second-order valence-electron chi connectivity index (χ2n) is 12.5. The fourth-order valence-corrected chi connectivity index (χ4v) is 7.43. The Morgan fingerprint density at radius 3 is 2.48 bits per heavy atom. The van der Waals surface area contributed by atoms with Crippen LogP contribution in [0.3, 0.4) is 0 Å². The van der Waals surface area contributed by atoms with E-state index in [0.717, 1.165) is 40.0 Å². The number of anilines is 1. The van der Waals surface area contributed by atoms with Crippen LogP contribution in [0.5, 0.6) is 5.75 Å². The van der Waals surface area contributed by atoms with E-state index in [-0.39, 0.29) is 19.3 Å². The smallest absolute Gasteiger partial charge is 0.459 e. The van der Waals surface area contributed by atoms with Gasteiger partial charge in [-0.15, -0.1) is 0 Å². The largest absolute Gasteiger partial charge is 0.462 e. The molecule has 0 amide bonds. The van der Waals surface area contributed by atoms with E-state index in [1.807, 2.05) is 68.4 Å². The van der Waals surface area contributed by atoms with E-state index in [1.54, 1.807) is 32.9 Å². The molecule has 0 spiro atoms. The molecular formula is C36H46N5O6P. The molecule has 0 radical (unpaired) electrons. The Balaban J connectivity index is 1.59. The number of pyridine rings is 1. The molecule has 12 heteroatoms. The van der Waals surface area contributed by atoms with E-state index in [1.165, 1.54) is 0 Å². The normalized spacial score (nSPS) is 15.1. The number of rotatable bonds is 16. The van der Waals surface area contributed by atoms with Crippen molar-refractivity contribution in [1.82, 2.24) is 19.6 Å². The number of aromatic nitrogens is 3. The molecule has 0 fully saturated rings. The number of unbranched alkanes of at least 4 members (excludes halogenated alkanes) is 1. The number of nitrogen functional groups attached to an aromatic ring is 1. The Labute approximate surface area is 281 Å². The molecule has 5 aromatic rings. The SMILES string of the molecule is CCCC[C@@](C)(CO[P@@](=O)(N[C@@H](C)C(=O)OC(C)C)Oc1ccc2ccccc2c1)n1c(COCC)nc2c(N)nc3ccccc3c21. The number of hydrogen-bond acceptors (Lipinski definition) is 9. The Kier molecular flexibility index (Phi) is 11.1. The summed E-state index contributed by atoms with van der Waals surface area (Å²) in [4.78, 5) is 22.4. The molecule has 0 unspecified atom stereocenters. The summed E-state index contributed by atoms with van der Waals surface area (Å²) in [5.41, 5.74) is 7.76. The monoisotopic (exact) mass is 675 g/mol. The molecule has 3 N–H and O–H groups in total. The Hall–Kier alpha value is -4.02. The van der Waals surface area contributed by atoms with E-state index in [4.69, 9.17) is 29.2 Å². The van der Waals surface area contributed by atoms with Crippen LogP contribution >= 0.6 is 7.75 Å². The van der Waals surface area contributed by atoms with Crippen LogP contribution in [0.25, 0.3) is 32.7 Å². The van der Waals surface area contributed by atoms with E-state index in [9.17, 15) is 9.36 Å². The molecule has 3 aromatic carbocycles. The summed E-state index contributed by atoms with van der Waals surface area (Å²) in [6, 6.07) is 20.0. The van der Waals surface area contributed by atoms with Crippen LogP contribution in [0.2, 0.25) is 0 Å². The van der Waals surface area contributed by atoms with E-state index >= 15 is 0 Å². The number of fused-ring (bicyclic) bond motifs is 4. The molecule has 0 aliphatic carbocycles. The quantitative estimate of drug-likeness (QED) is 0.0784. The summed E-state index contributed by atoms with van der Waals surface area (Å²) in [6.07, 6.45) is 2.04. The summed E-state index contributed by atoms with van der Waals surface area (Å²) in [5.74, 6) is 0.715.